The van der Waals surface area contributed by atoms with Crippen LogP contribution in [0.4, 0.5) is 0 Å². The zero-order chi connectivity index (χ0) is 21.3. The van der Waals surface area contributed by atoms with Crippen LogP contribution in [0.25, 0.3) is 11.1 Å². The molecule has 0 aliphatic carbocycles. The Kier molecular flexibility index (Phi) is 6.04. The van der Waals surface area contributed by atoms with Gasteiger partial charge in [0, 0.05) is 5.56 Å². The fraction of sp³-hybridized carbons (Fsp3) is 0.480. The molecule has 1 heterocycles. The summed E-state index contributed by atoms with van der Waals surface area (Å²) in [6, 6.07) is 10.3. The molecule has 0 saturated carbocycles. The third kappa shape index (κ3) is 4.64. The molecule has 0 spiro atoms. The lowest BCUT2D eigenvalue weighted by molar-refractivity contribution is -0.160. The summed E-state index contributed by atoms with van der Waals surface area (Å²) in [6.07, 6.45) is 0.942. The van der Waals surface area contributed by atoms with Crippen LogP contribution in [-0.4, -0.2) is 23.3 Å². The SMILES string of the molecule is Cc1ccc(C(C)C)c(-c2ccc3c(c2)CCCO3)c1C(OC(C)(C)C)C(=O)O. The number of carboxylic acid groups (broad SMARTS) is 1. The topological polar surface area (TPSA) is 55.8 Å². The van der Waals surface area contributed by atoms with E-state index >= 15 is 0 Å². The average Bonchev–Trinajstić information content (AvgIpc) is 2.64. The molecular formula is C25H32O4. The van der Waals surface area contributed by atoms with Gasteiger partial charge in [-0.3, -0.25) is 0 Å². The molecule has 0 radical (unpaired) electrons. The van der Waals surface area contributed by atoms with Gasteiger partial charge in [-0.05, 0) is 86.4 Å². The van der Waals surface area contributed by atoms with Gasteiger partial charge in [0.25, 0.3) is 0 Å². The molecule has 0 saturated heterocycles. The maximum Gasteiger partial charge on any atom is 0.337 e. The van der Waals surface area contributed by atoms with Crippen molar-refractivity contribution in [3.8, 4) is 16.9 Å². The van der Waals surface area contributed by atoms with Gasteiger partial charge in [0.15, 0.2) is 6.10 Å². The van der Waals surface area contributed by atoms with Crippen LogP contribution in [0.2, 0.25) is 0 Å². The molecule has 156 valence electrons. The summed E-state index contributed by atoms with van der Waals surface area (Å²) in [6.45, 7) is 12.7. The van der Waals surface area contributed by atoms with E-state index in [0.29, 0.717) is 0 Å². The van der Waals surface area contributed by atoms with Crippen molar-refractivity contribution < 1.29 is 19.4 Å². The highest BCUT2D eigenvalue weighted by atomic mass is 16.5. The van der Waals surface area contributed by atoms with Crippen LogP contribution in [-0.2, 0) is 16.0 Å². The number of fused-ring (bicyclic) bond motifs is 1. The maximum absolute atomic E-state index is 12.3. The summed E-state index contributed by atoms with van der Waals surface area (Å²) >= 11 is 0. The van der Waals surface area contributed by atoms with E-state index in [-0.39, 0.29) is 5.92 Å². The van der Waals surface area contributed by atoms with Crippen LogP contribution >= 0.6 is 0 Å². The number of carboxylic acids is 1. The van der Waals surface area contributed by atoms with Crippen molar-refractivity contribution in [2.45, 2.75) is 72.0 Å². The Morgan fingerprint density at radius 3 is 2.52 bits per heavy atom. The first-order valence-electron chi connectivity index (χ1n) is 10.4. The highest BCUT2D eigenvalue weighted by Gasteiger charge is 2.32. The van der Waals surface area contributed by atoms with Crippen LogP contribution in [0.5, 0.6) is 5.75 Å². The van der Waals surface area contributed by atoms with E-state index in [0.717, 1.165) is 53.0 Å². The van der Waals surface area contributed by atoms with Crippen molar-refractivity contribution >= 4 is 5.97 Å². The maximum atomic E-state index is 12.3. The van der Waals surface area contributed by atoms with Gasteiger partial charge in [-0.2, -0.15) is 0 Å². The number of hydrogen-bond donors (Lipinski definition) is 1. The zero-order valence-electron chi connectivity index (χ0n) is 18.3. The summed E-state index contributed by atoms with van der Waals surface area (Å²) in [7, 11) is 0. The summed E-state index contributed by atoms with van der Waals surface area (Å²) in [5.41, 5.74) is 5.41. The van der Waals surface area contributed by atoms with Crippen molar-refractivity contribution in [2.75, 3.05) is 6.61 Å². The minimum Gasteiger partial charge on any atom is -0.493 e. The van der Waals surface area contributed by atoms with Gasteiger partial charge in [-0.15, -0.1) is 0 Å². The van der Waals surface area contributed by atoms with Gasteiger partial charge < -0.3 is 14.6 Å². The molecule has 3 rings (SSSR count). The molecule has 29 heavy (non-hydrogen) atoms. The Morgan fingerprint density at radius 1 is 1.17 bits per heavy atom. The average molecular weight is 397 g/mol. The molecule has 4 nitrogen and oxygen atoms in total. The molecule has 1 unspecified atom stereocenters. The van der Waals surface area contributed by atoms with Crippen molar-refractivity contribution in [2.24, 2.45) is 0 Å². The van der Waals surface area contributed by atoms with Crippen molar-refractivity contribution in [1.82, 2.24) is 0 Å². The molecule has 0 amide bonds. The molecule has 0 bridgehead atoms. The first kappa shape index (κ1) is 21.4. The fourth-order valence-corrected chi connectivity index (χ4v) is 3.98. The van der Waals surface area contributed by atoms with Crippen LogP contribution < -0.4 is 4.74 Å². The van der Waals surface area contributed by atoms with Crippen molar-refractivity contribution in [1.29, 1.82) is 0 Å². The quantitative estimate of drug-likeness (QED) is 0.668. The highest BCUT2D eigenvalue weighted by Crippen LogP contribution is 2.41. The van der Waals surface area contributed by atoms with E-state index in [4.69, 9.17) is 9.47 Å². The molecule has 1 atom stereocenters. The fourth-order valence-electron chi connectivity index (χ4n) is 3.98. The smallest absolute Gasteiger partial charge is 0.337 e. The minimum atomic E-state index is -1.03. The lowest BCUT2D eigenvalue weighted by atomic mass is 9.83. The van der Waals surface area contributed by atoms with Crippen LogP contribution in [0, 0.1) is 6.92 Å². The van der Waals surface area contributed by atoms with Gasteiger partial charge in [0.1, 0.15) is 5.75 Å². The first-order chi connectivity index (χ1) is 13.6. The molecule has 2 aromatic carbocycles. The van der Waals surface area contributed by atoms with Gasteiger partial charge >= 0.3 is 5.97 Å². The van der Waals surface area contributed by atoms with Gasteiger partial charge in [-0.25, -0.2) is 4.79 Å². The van der Waals surface area contributed by atoms with Crippen LogP contribution in [0.15, 0.2) is 30.3 Å². The van der Waals surface area contributed by atoms with E-state index < -0.39 is 17.7 Å². The standard InChI is InChI=1S/C25H32O4/c1-15(2)19-11-9-16(3)21(23(24(26)27)29-25(4,5)6)22(19)18-10-12-20-17(14-18)8-7-13-28-20/h9-12,14-15,23H,7-8,13H2,1-6H3,(H,26,27). The normalized spacial score (nSPS) is 15.0. The second-order valence-electron chi connectivity index (χ2n) is 9.14. The summed E-state index contributed by atoms with van der Waals surface area (Å²) in [5.74, 6) is 0.216. The summed E-state index contributed by atoms with van der Waals surface area (Å²) in [5, 5.41) is 10.1. The predicted octanol–water partition coefficient (Wildman–Crippen LogP) is 6.05. The highest BCUT2D eigenvalue weighted by molar-refractivity contribution is 5.83. The van der Waals surface area contributed by atoms with E-state index in [2.05, 4.69) is 26.0 Å². The molecule has 2 aromatic rings. The summed E-state index contributed by atoms with van der Waals surface area (Å²) < 4.78 is 11.8. The number of aliphatic carboxylic acids is 1. The predicted molar refractivity (Wildman–Crippen MR) is 116 cm³/mol. The Hall–Kier alpha value is -2.33. The third-order valence-corrected chi connectivity index (χ3v) is 5.27. The van der Waals surface area contributed by atoms with Gasteiger partial charge in [0.2, 0.25) is 0 Å². The largest absolute Gasteiger partial charge is 0.493 e. The lowest BCUT2D eigenvalue weighted by Crippen LogP contribution is -2.28. The van der Waals surface area contributed by atoms with Crippen molar-refractivity contribution in [3.63, 3.8) is 0 Å². The second kappa shape index (κ2) is 8.19. The number of rotatable bonds is 5. The lowest BCUT2D eigenvalue weighted by Gasteiger charge is -2.29. The molecule has 0 fully saturated rings. The summed E-state index contributed by atoms with van der Waals surface area (Å²) in [4.78, 5) is 12.3. The van der Waals surface area contributed by atoms with E-state index in [1.54, 1.807) is 0 Å². The third-order valence-electron chi connectivity index (χ3n) is 5.27. The van der Waals surface area contributed by atoms with Crippen LogP contribution in [0.3, 0.4) is 0 Å². The molecule has 1 aliphatic heterocycles. The minimum absolute atomic E-state index is 0.251. The Morgan fingerprint density at radius 2 is 1.90 bits per heavy atom. The van der Waals surface area contributed by atoms with Crippen molar-refractivity contribution in [3.05, 3.63) is 52.6 Å². The number of carbonyl (C=O) groups is 1. The first-order valence-corrected chi connectivity index (χ1v) is 10.4. The second-order valence-corrected chi connectivity index (χ2v) is 9.14. The number of benzene rings is 2. The van der Waals surface area contributed by atoms with E-state index in [9.17, 15) is 9.90 Å². The molecule has 1 aliphatic rings. The Labute approximate surface area is 173 Å². The van der Waals surface area contributed by atoms with Gasteiger partial charge in [-0.1, -0.05) is 32.0 Å². The van der Waals surface area contributed by atoms with Gasteiger partial charge in [0.05, 0.1) is 12.2 Å². The van der Waals surface area contributed by atoms with E-state index in [1.165, 1.54) is 5.56 Å². The Bertz CT molecular complexity index is 906. The van der Waals surface area contributed by atoms with E-state index in [1.807, 2.05) is 45.9 Å². The molecule has 0 aromatic heterocycles. The number of ether oxygens (including phenoxy) is 2. The molecule has 1 N–H and O–H groups in total. The Balaban J connectivity index is 2.26. The number of hydrogen-bond acceptors (Lipinski definition) is 3. The molecule has 4 heteroatoms. The zero-order valence-corrected chi connectivity index (χ0v) is 18.3. The monoisotopic (exact) mass is 396 g/mol. The number of aryl methyl sites for hydroxylation is 2. The van der Waals surface area contributed by atoms with Crippen LogP contribution in [0.1, 0.15) is 75.3 Å². The molecular weight excluding hydrogens is 364 g/mol.